The van der Waals surface area contributed by atoms with Crippen molar-refractivity contribution >= 4 is 23.8 Å². The van der Waals surface area contributed by atoms with E-state index < -0.39 is 42.2 Å². The number of nitrogens with zero attached hydrogens (tertiary/aromatic N) is 1. The van der Waals surface area contributed by atoms with E-state index >= 15 is 0 Å². The number of benzene rings is 1. The highest BCUT2D eigenvalue weighted by Gasteiger charge is 2.29. The lowest BCUT2D eigenvalue weighted by Crippen LogP contribution is -2.38. The number of phenolic OH excluding ortho intramolecular Hbond substituents is 1. The number of aromatic hydroxyl groups is 1. The van der Waals surface area contributed by atoms with Crippen molar-refractivity contribution in [3.63, 3.8) is 0 Å². The third-order valence-electron chi connectivity index (χ3n) is 4.67. The van der Waals surface area contributed by atoms with Gasteiger partial charge in [0, 0.05) is 32.8 Å². The molecular weight excluding hydrogens is 558 g/mol. The molecule has 1 N–H and O–H groups in total. The standard InChI is InChI=1S/C26H35NO7.C6H12O3/c1-9-12-18(13-10-2)27(16-21(29)33-25(3,4)5)24(31)23-19(28)14-11-15-20(23)32-17-22(30)34-26(6,7)8;1-6(7)9-5-3-4-8-2/h9-15,28H,1,16-17H2,2-8H3;3-5H2,1-2H3/b13-10-,18-12+;. The van der Waals surface area contributed by atoms with Gasteiger partial charge in [0.2, 0.25) is 0 Å². The van der Waals surface area contributed by atoms with Crippen LogP contribution in [0.15, 0.2) is 54.8 Å². The number of allylic oxidation sites excluding steroid dienone is 4. The maximum atomic E-state index is 13.6. The van der Waals surface area contributed by atoms with E-state index in [-0.39, 0.29) is 23.0 Å². The molecule has 0 heterocycles. The number of methoxy groups -OCH3 is 1. The Morgan fingerprint density at radius 1 is 0.977 bits per heavy atom. The second-order valence-electron chi connectivity index (χ2n) is 11.0. The first kappa shape index (κ1) is 38.9. The van der Waals surface area contributed by atoms with Gasteiger partial charge in [-0.3, -0.25) is 19.3 Å². The van der Waals surface area contributed by atoms with Crippen molar-refractivity contribution < 1.29 is 48.0 Å². The summed E-state index contributed by atoms with van der Waals surface area (Å²) in [6.45, 7) is 17.3. The van der Waals surface area contributed by atoms with Gasteiger partial charge in [0.15, 0.2) is 6.61 Å². The van der Waals surface area contributed by atoms with E-state index in [0.717, 1.165) is 11.3 Å². The fourth-order valence-electron chi connectivity index (χ4n) is 3.23. The van der Waals surface area contributed by atoms with Crippen LogP contribution >= 0.6 is 0 Å². The minimum Gasteiger partial charge on any atom is -0.507 e. The minimum atomic E-state index is -0.759. The Morgan fingerprint density at radius 2 is 1.58 bits per heavy atom. The molecule has 0 radical (unpaired) electrons. The third-order valence-corrected chi connectivity index (χ3v) is 4.67. The zero-order valence-electron chi connectivity index (χ0n) is 26.9. The molecule has 1 rings (SSSR count). The molecule has 0 atom stereocenters. The Labute approximate surface area is 255 Å². The second kappa shape index (κ2) is 19.1. The fourth-order valence-corrected chi connectivity index (χ4v) is 3.23. The molecule has 1 amide bonds. The number of carbonyl (C=O) groups is 4. The molecule has 0 saturated heterocycles. The van der Waals surface area contributed by atoms with Crippen LogP contribution in [0.1, 0.15) is 72.2 Å². The highest BCUT2D eigenvalue weighted by atomic mass is 16.6. The van der Waals surface area contributed by atoms with Crippen LogP contribution in [0.5, 0.6) is 11.5 Å². The molecule has 0 aliphatic carbocycles. The molecule has 0 saturated carbocycles. The summed E-state index contributed by atoms with van der Waals surface area (Å²) in [4.78, 5) is 49.6. The minimum absolute atomic E-state index is 0.0384. The van der Waals surface area contributed by atoms with Crippen LogP contribution < -0.4 is 4.74 Å². The lowest BCUT2D eigenvalue weighted by molar-refractivity contribution is -0.157. The van der Waals surface area contributed by atoms with Gasteiger partial charge in [-0.2, -0.15) is 0 Å². The predicted octanol–water partition coefficient (Wildman–Crippen LogP) is 5.13. The first-order valence-corrected chi connectivity index (χ1v) is 13.7. The molecule has 0 bridgehead atoms. The summed E-state index contributed by atoms with van der Waals surface area (Å²) in [5.74, 6) is -2.66. The van der Waals surface area contributed by atoms with Gasteiger partial charge >= 0.3 is 17.9 Å². The molecule has 11 nitrogen and oxygen atoms in total. The van der Waals surface area contributed by atoms with Crippen molar-refractivity contribution in [2.24, 2.45) is 0 Å². The largest absolute Gasteiger partial charge is 0.507 e. The van der Waals surface area contributed by atoms with Gasteiger partial charge in [0.1, 0.15) is 34.8 Å². The Hall–Kier alpha value is -4.12. The van der Waals surface area contributed by atoms with Crippen molar-refractivity contribution in [3.05, 3.63) is 60.3 Å². The Morgan fingerprint density at radius 3 is 2.09 bits per heavy atom. The van der Waals surface area contributed by atoms with Crippen LogP contribution in [-0.4, -0.2) is 78.5 Å². The molecule has 0 aliphatic rings. The third kappa shape index (κ3) is 17.4. The van der Waals surface area contributed by atoms with E-state index in [2.05, 4.69) is 11.3 Å². The Balaban J connectivity index is 0.00000169. The van der Waals surface area contributed by atoms with Crippen LogP contribution in [-0.2, 0) is 33.3 Å². The van der Waals surface area contributed by atoms with E-state index in [1.807, 2.05) is 0 Å². The summed E-state index contributed by atoms with van der Waals surface area (Å²) in [7, 11) is 1.62. The van der Waals surface area contributed by atoms with Crippen LogP contribution in [0.25, 0.3) is 0 Å². The molecule has 1 aromatic carbocycles. The summed E-state index contributed by atoms with van der Waals surface area (Å²) < 4.78 is 25.5. The van der Waals surface area contributed by atoms with Gasteiger partial charge in [-0.25, -0.2) is 4.79 Å². The van der Waals surface area contributed by atoms with Crippen molar-refractivity contribution in [1.82, 2.24) is 4.90 Å². The van der Waals surface area contributed by atoms with Crippen molar-refractivity contribution in [2.75, 3.05) is 33.5 Å². The molecular formula is C32H47NO10. The molecule has 0 aliphatic heterocycles. The molecule has 240 valence electrons. The number of ether oxygens (including phenoxy) is 5. The maximum Gasteiger partial charge on any atom is 0.344 e. The lowest BCUT2D eigenvalue weighted by Gasteiger charge is -2.27. The topological polar surface area (TPSA) is 138 Å². The number of hydrogen-bond acceptors (Lipinski definition) is 10. The molecule has 0 unspecified atom stereocenters. The van der Waals surface area contributed by atoms with Gasteiger partial charge in [0.05, 0.1) is 6.61 Å². The number of phenols is 1. The second-order valence-corrected chi connectivity index (χ2v) is 11.0. The summed E-state index contributed by atoms with van der Waals surface area (Å²) in [6.07, 6.45) is 7.09. The monoisotopic (exact) mass is 605 g/mol. The zero-order chi connectivity index (χ0) is 33.2. The van der Waals surface area contributed by atoms with E-state index in [9.17, 15) is 24.3 Å². The van der Waals surface area contributed by atoms with Gasteiger partial charge in [-0.1, -0.05) is 24.8 Å². The predicted molar refractivity (Wildman–Crippen MR) is 163 cm³/mol. The number of carbonyl (C=O) groups excluding carboxylic acids is 4. The van der Waals surface area contributed by atoms with Crippen molar-refractivity contribution in [2.45, 2.75) is 73.0 Å². The van der Waals surface area contributed by atoms with E-state index in [1.165, 1.54) is 31.2 Å². The number of rotatable bonds is 13. The first-order chi connectivity index (χ1) is 19.9. The van der Waals surface area contributed by atoms with E-state index in [1.54, 1.807) is 73.8 Å². The summed E-state index contributed by atoms with van der Waals surface area (Å²) >= 11 is 0. The number of esters is 3. The normalized spacial score (nSPS) is 11.6. The van der Waals surface area contributed by atoms with Crippen molar-refractivity contribution in [1.29, 1.82) is 0 Å². The first-order valence-electron chi connectivity index (χ1n) is 13.7. The molecule has 0 spiro atoms. The van der Waals surface area contributed by atoms with E-state index in [0.29, 0.717) is 18.9 Å². The van der Waals surface area contributed by atoms with Crippen molar-refractivity contribution in [3.8, 4) is 11.5 Å². The highest BCUT2D eigenvalue weighted by Crippen LogP contribution is 2.30. The fraction of sp³-hybridized carbons (Fsp3) is 0.500. The molecule has 11 heteroatoms. The Bertz CT molecular complexity index is 1140. The summed E-state index contributed by atoms with van der Waals surface area (Å²) in [5.41, 5.74) is -1.34. The van der Waals surface area contributed by atoms with Crippen LogP contribution in [0, 0.1) is 0 Å². The average molecular weight is 606 g/mol. The SMILES string of the molecule is C=C/C=C(\C=C/C)N(CC(=O)OC(C)(C)C)C(=O)c1c(O)cccc1OCC(=O)OC(C)(C)C.COCCCOC(C)=O. The quantitative estimate of drug-likeness (QED) is 0.139. The number of hydrogen-bond donors (Lipinski definition) is 1. The van der Waals surface area contributed by atoms with Crippen LogP contribution in [0.3, 0.4) is 0 Å². The average Bonchev–Trinajstić information content (AvgIpc) is 2.86. The van der Waals surface area contributed by atoms with Gasteiger partial charge in [-0.05, 0) is 72.8 Å². The lowest BCUT2D eigenvalue weighted by atomic mass is 10.1. The molecule has 0 fully saturated rings. The molecule has 1 aromatic rings. The van der Waals surface area contributed by atoms with Gasteiger partial charge < -0.3 is 28.8 Å². The zero-order valence-corrected chi connectivity index (χ0v) is 26.9. The Kier molecular flexibility index (Phi) is 17.3. The summed E-state index contributed by atoms with van der Waals surface area (Å²) in [5, 5.41) is 10.5. The highest BCUT2D eigenvalue weighted by molar-refractivity contribution is 6.02. The maximum absolute atomic E-state index is 13.6. The summed E-state index contributed by atoms with van der Waals surface area (Å²) in [6, 6.07) is 4.22. The van der Waals surface area contributed by atoms with Gasteiger partial charge in [-0.15, -0.1) is 0 Å². The molecule has 0 aromatic heterocycles. The smallest absolute Gasteiger partial charge is 0.344 e. The number of amides is 1. The van der Waals surface area contributed by atoms with Crippen LogP contribution in [0.2, 0.25) is 0 Å². The van der Waals surface area contributed by atoms with Gasteiger partial charge in [0.25, 0.3) is 5.91 Å². The van der Waals surface area contributed by atoms with E-state index in [4.69, 9.17) is 18.9 Å². The molecule has 43 heavy (non-hydrogen) atoms. The van der Waals surface area contributed by atoms with Crippen LogP contribution in [0.4, 0.5) is 0 Å².